The molecule has 1 saturated heterocycles. The number of hydrogen-bond acceptors (Lipinski definition) is 8. The molecular formula is C20H24N4O4S2. The van der Waals surface area contributed by atoms with E-state index in [-0.39, 0.29) is 30.2 Å². The van der Waals surface area contributed by atoms with Crippen LogP contribution in [-0.4, -0.2) is 62.5 Å². The van der Waals surface area contributed by atoms with Gasteiger partial charge in [0.1, 0.15) is 15.8 Å². The van der Waals surface area contributed by atoms with Gasteiger partial charge in [-0.25, -0.2) is 4.98 Å². The molecule has 160 valence electrons. The van der Waals surface area contributed by atoms with E-state index < -0.39 is 0 Å². The highest BCUT2D eigenvalue weighted by Crippen LogP contribution is 2.33. The van der Waals surface area contributed by atoms with E-state index in [4.69, 9.17) is 22.1 Å². The molecule has 1 amide bonds. The van der Waals surface area contributed by atoms with E-state index in [9.17, 15) is 9.59 Å². The van der Waals surface area contributed by atoms with E-state index in [1.807, 2.05) is 19.9 Å². The molecule has 0 unspecified atom stereocenters. The lowest BCUT2D eigenvalue weighted by molar-refractivity contribution is -0.122. The molecule has 3 rings (SSSR count). The Morgan fingerprint density at radius 1 is 1.33 bits per heavy atom. The van der Waals surface area contributed by atoms with E-state index in [0.29, 0.717) is 40.4 Å². The van der Waals surface area contributed by atoms with Crippen molar-refractivity contribution in [3.05, 3.63) is 44.7 Å². The molecule has 1 aliphatic heterocycles. The third-order valence-corrected chi connectivity index (χ3v) is 5.75. The van der Waals surface area contributed by atoms with Gasteiger partial charge in [0.15, 0.2) is 0 Å². The Morgan fingerprint density at radius 2 is 2.13 bits per heavy atom. The molecule has 0 aromatic carbocycles. The average molecular weight is 449 g/mol. The Balaban J connectivity index is 2.01. The Labute approximate surface area is 183 Å². The molecular weight excluding hydrogens is 424 g/mol. The van der Waals surface area contributed by atoms with Crippen molar-refractivity contribution in [1.29, 1.82) is 0 Å². The number of amides is 1. The minimum Gasteiger partial charge on any atom is -0.394 e. The molecule has 30 heavy (non-hydrogen) atoms. The van der Waals surface area contributed by atoms with Crippen LogP contribution in [0.5, 0.6) is 0 Å². The highest BCUT2D eigenvalue weighted by atomic mass is 32.2. The zero-order valence-electron chi connectivity index (χ0n) is 16.9. The van der Waals surface area contributed by atoms with Gasteiger partial charge < -0.3 is 15.2 Å². The van der Waals surface area contributed by atoms with Gasteiger partial charge in [-0.15, -0.1) is 0 Å². The van der Waals surface area contributed by atoms with E-state index >= 15 is 0 Å². The number of nitrogens with one attached hydrogen (secondary N) is 1. The average Bonchev–Trinajstić information content (AvgIpc) is 2.98. The number of pyridine rings is 1. The number of carbonyl (C=O) groups is 1. The summed E-state index contributed by atoms with van der Waals surface area (Å²) in [5.41, 5.74) is 1.44. The second kappa shape index (κ2) is 10.2. The summed E-state index contributed by atoms with van der Waals surface area (Å²) in [7, 11) is 0. The number of thiocarbonyl (C=S) groups is 1. The zero-order valence-corrected chi connectivity index (χ0v) is 18.5. The molecule has 8 nitrogen and oxygen atoms in total. The first kappa shape index (κ1) is 22.4. The molecule has 2 aromatic heterocycles. The molecule has 0 bridgehead atoms. The predicted molar refractivity (Wildman–Crippen MR) is 123 cm³/mol. The van der Waals surface area contributed by atoms with E-state index in [1.54, 1.807) is 23.2 Å². The van der Waals surface area contributed by atoms with Gasteiger partial charge in [-0.3, -0.25) is 18.9 Å². The van der Waals surface area contributed by atoms with E-state index in [0.717, 1.165) is 12.0 Å². The number of hydrogen-bond donors (Lipinski definition) is 2. The zero-order chi connectivity index (χ0) is 21.7. The van der Waals surface area contributed by atoms with Crippen molar-refractivity contribution < 1.29 is 14.6 Å². The lowest BCUT2D eigenvalue weighted by atomic mass is 10.2. The van der Waals surface area contributed by atoms with Gasteiger partial charge in [-0.1, -0.05) is 37.0 Å². The van der Waals surface area contributed by atoms with Crippen LogP contribution < -0.4 is 10.9 Å². The molecule has 1 aliphatic rings. The van der Waals surface area contributed by atoms with Gasteiger partial charge in [0.05, 0.1) is 30.3 Å². The summed E-state index contributed by atoms with van der Waals surface area (Å²) in [6, 6.07) is 3.65. The van der Waals surface area contributed by atoms with Crippen molar-refractivity contribution in [2.24, 2.45) is 0 Å². The first-order valence-electron chi connectivity index (χ1n) is 9.67. The van der Waals surface area contributed by atoms with Crippen molar-refractivity contribution in [2.45, 2.75) is 20.3 Å². The van der Waals surface area contributed by atoms with Crippen LogP contribution in [-0.2, 0) is 9.53 Å². The highest BCUT2D eigenvalue weighted by molar-refractivity contribution is 8.26. The van der Waals surface area contributed by atoms with Crippen LogP contribution in [0.1, 0.15) is 24.5 Å². The van der Waals surface area contributed by atoms with Gasteiger partial charge in [0.2, 0.25) is 0 Å². The van der Waals surface area contributed by atoms with E-state index in [2.05, 4.69) is 10.3 Å². The summed E-state index contributed by atoms with van der Waals surface area (Å²) >= 11 is 6.51. The number of ether oxygens (including phenoxy) is 1. The number of aromatic nitrogens is 2. The quantitative estimate of drug-likeness (QED) is 0.342. The van der Waals surface area contributed by atoms with Crippen LogP contribution in [0, 0.1) is 6.92 Å². The van der Waals surface area contributed by atoms with Crippen molar-refractivity contribution in [3.8, 4) is 0 Å². The Kier molecular flexibility index (Phi) is 7.59. The summed E-state index contributed by atoms with van der Waals surface area (Å²) in [5, 5.41) is 11.9. The van der Waals surface area contributed by atoms with Gasteiger partial charge >= 0.3 is 0 Å². The number of aryl methyl sites for hydroxylation is 1. The second-order valence-electron chi connectivity index (χ2n) is 6.71. The number of fused-ring (bicyclic) bond motifs is 1. The maximum Gasteiger partial charge on any atom is 0.267 e. The number of nitrogens with zero attached hydrogens (tertiary/aromatic N) is 3. The summed E-state index contributed by atoms with van der Waals surface area (Å²) in [6.07, 6.45) is 4.08. The van der Waals surface area contributed by atoms with Gasteiger partial charge in [0, 0.05) is 19.3 Å². The number of aliphatic hydroxyl groups excluding tert-OH is 1. The van der Waals surface area contributed by atoms with Gasteiger partial charge in [0.25, 0.3) is 11.5 Å². The van der Waals surface area contributed by atoms with Crippen LogP contribution >= 0.6 is 24.0 Å². The molecule has 1 fully saturated rings. The summed E-state index contributed by atoms with van der Waals surface area (Å²) in [6.45, 7) is 5.33. The van der Waals surface area contributed by atoms with Crippen LogP contribution in [0.2, 0.25) is 0 Å². The minimum atomic E-state index is -0.275. The summed E-state index contributed by atoms with van der Waals surface area (Å²) in [5.74, 6) is 0.176. The maximum absolute atomic E-state index is 13.2. The second-order valence-corrected chi connectivity index (χ2v) is 8.39. The highest BCUT2D eigenvalue weighted by Gasteiger charge is 2.31. The topological polar surface area (TPSA) is 96.2 Å². The van der Waals surface area contributed by atoms with Crippen molar-refractivity contribution in [2.75, 3.05) is 38.2 Å². The monoisotopic (exact) mass is 448 g/mol. The van der Waals surface area contributed by atoms with Crippen molar-refractivity contribution in [1.82, 2.24) is 14.3 Å². The minimum absolute atomic E-state index is 0.0558. The number of carbonyl (C=O) groups excluding carboxylic acids is 1. The van der Waals surface area contributed by atoms with Crippen LogP contribution in [0.25, 0.3) is 11.7 Å². The fourth-order valence-corrected chi connectivity index (χ4v) is 4.27. The third kappa shape index (κ3) is 4.89. The number of aliphatic hydroxyl groups is 1. The van der Waals surface area contributed by atoms with Gasteiger partial charge in [-0.05, 0) is 31.1 Å². The standard InChI is InChI=1S/C20H24N4O4S2/c1-3-7-23-19(27)15(30-20(23)29)11-14-17(21-6-9-28-10-8-25)22-16-5-4-13(2)12-24(16)18(14)26/h4-5,11-12,21,25H,3,6-10H2,1-2H3/b15-11-. The number of thioether (sulfide) groups is 1. The summed E-state index contributed by atoms with van der Waals surface area (Å²) < 4.78 is 7.23. The lowest BCUT2D eigenvalue weighted by Gasteiger charge is -2.13. The fraction of sp³-hybridized carbons (Fsp3) is 0.400. The Morgan fingerprint density at radius 3 is 2.87 bits per heavy atom. The van der Waals surface area contributed by atoms with Crippen LogP contribution in [0.4, 0.5) is 5.82 Å². The SMILES string of the molecule is CCCN1C(=O)/C(=C/c2c(NCCOCCO)nc3ccc(C)cn3c2=O)SC1=S. The van der Waals surface area contributed by atoms with Crippen molar-refractivity contribution in [3.63, 3.8) is 0 Å². The lowest BCUT2D eigenvalue weighted by Crippen LogP contribution is -2.28. The first-order chi connectivity index (χ1) is 14.5. The molecule has 0 radical (unpaired) electrons. The molecule has 10 heteroatoms. The van der Waals surface area contributed by atoms with E-state index in [1.165, 1.54) is 16.2 Å². The molecule has 0 atom stereocenters. The molecule has 0 spiro atoms. The van der Waals surface area contributed by atoms with Crippen LogP contribution in [0.3, 0.4) is 0 Å². The Bertz CT molecular complexity index is 1050. The smallest absolute Gasteiger partial charge is 0.267 e. The van der Waals surface area contributed by atoms with Crippen molar-refractivity contribution >= 4 is 51.7 Å². The molecule has 3 heterocycles. The summed E-state index contributed by atoms with van der Waals surface area (Å²) in [4.78, 5) is 32.5. The maximum atomic E-state index is 13.2. The largest absolute Gasteiger partial charge is 0.394 e. The van der Waals surface area contributed by atoms with Crippen LogP contribution in [0.15, 0.2) is 28.0 Å². The predicted octanol–water partition coefficient (Wildman–Crippen LogP) is 2.03. The number of rotatable bonds is 9. The van der Waals surface area contributed by atoms with Gasteiger partial charge in [-0.2, -0.15) is 0 Å². The molecule has 0 aliphatic carbocycles. The Hall–Kier alpha value is -2.27. The molecule has 2 N–H and O–H groups in total. The third-order valence-electron chi connectivity index (χ3n) is 4.38. The number of anilines is 1. The fourth-order valence-electron chi connectivity index (χ4n) is 2.98. The molecule has 0 saturated carbocycles. The first-order valence-corrected chi connectivity index (χ1v) is 10.9. The molecule has 2 aromatic rings. The normalized spacial score (nSPS) is 15.6.